The molecule has 3 heteroatoms. The number of aliphatic carboxylic acids is 1. The lowest BCUT2D eigenvalue weighted by Gasteiger charge is -2.01. The molecule has 118 valence electrons. The molecule has 0 atom stereocenters. The maximum absolute atomic E-state index is 10.3. The van der Waals surface area contributed by atoms with Crippen LogP contribution >= 0.6 is 0 Å². The number of carboxylic acid groups (broad SMARTS) is 1. The molecule has 0 saturated carbocycles. The molecule has 0 aliphatic carbocycles. The van der Waals surface area contributed by atoms with Crippen molar-refractivity contribution in [1.82, 2.24) is 0 Å². The van der Waals surface area contributed by atoms with Crippen LogP contribution in [0.2, 0.25) is 0 Å². The highest BCUT2D eigenvalue weighted by Gasteiger charge is 1.95. The summed E-state index contributed by atoms with van der Waals surface area (Å²) < 4.78 is 5.53. The number of rotatable bonds is 15. The van der Waals surface area contributed by atoms with Gasteiger partial charge in [0, 0.05) is 13.0 Å². The van der Waals surface area contributed by atoms with Crippen LogP contribution < -0.4 is 0 Å². The second-order valence-corrected chi connectivity index (χ2v) is 5.28. The quantitative estimate of drug-likeness (QED) is 0.342. The summed E-state index contributed by atoms with van der Waals surface area (Å²) >= 11 is 0. The van der Waals surface area contributed by atoms with E-state index < -0.39 is 5.97 Å². The van der Waals surface area contributed by atoms with Crippen molar-refractivity contribution >= 4 is 5.97 Å². The Hall–Kier alpha value is -0.830. The standard InChI is InChI=1S/C17H32O3/c1-2-3-12-15-20-16-13-10-8-6-4-5-7-9-11-14-17(18)19/h8,10H,2-7,9,11-16H2,1H3,(H,18,19)/b10-8+. The fraction of sp³-hybridized carbons (Fsp3) is 0.824. The van der Waals surface area contributed by atoms with Gasteiger partial charge < -0.3 is 9.84 Å². The molecule has 1 N–H and O–H groups in total. The minimum atomic E-state index is -0.676. The summed E-state index contributed by atoms with van der Waals surface area (Å²) in [5.74, 6) is -0.676. The lowest BCUT2D eigenvalue weighted by Crippen LogP contribution is -1.95. The highest BCUT2D eigenvalue weighted by molar-refractivity contribution is 5.66. The molecule has 0 aromatic rings. The van der Waals surface area contributed by atoms with Crippen molar-refractivity contribution in [3.05, 3.63) is 12.2 Å². The molecule has 0 aliphatic rings. The Labute approximate surface area is 124 Å². The summed E-state index contributed by atoms with van der Waals surface area (Å²) in [7, 11) is 0. The fourth-order valence-corrected chi connectivity index (χ4v) is 2.01. The zero-order valence-electron chi connectivity index (χ0n) is 13.1. The molecule has 0 saturated heterocycles. The Kier molecular flexibility index (Phi) is 15.6. The van der Waals surface area contributed by atoms with E-state index >= 15 is 0 Å². The lowest BCUT2D eigenvalue weighted by atomic mass is 10.1. The Balaban J connectivity index is 3.07. The number of carboxylic acids is 1. The minimum Gasteiger partial charge on any atom is -0.481 e. The average Bonchev–Trinajstić information content (AvgIpc) is 2.43. The van der Waals surface area contributed by atoms with Gasteiger partial charge >= 0.3 is 5.97 Å². The van der Waals surface area contributed by atoms with Gasteiger partial charge in [-0.2, -0.15) is 0 Å². The van der Waals surface area contributed by atoms with Gasteiger partial charge in [0.15, 0.2) is 0 Å². The predicted octanol–water partition coefficient (Wildman–Crippen LogP) is 4.95. The van der Waals surface area contributed by atoms with Gasteiger partial charge in [-0.15, -0.1) is 0 Å². The number of unbranched alkanes of at least 4 members (excludes halogenated alkanes) is 7. The maximum Gasteiger partial charge on any atom is 0.303 e. The molecule has 3 nitrogen and oxygen atoms in total. The first-order valence-electron chi connectivity index (χ1n) is 8.22. The molecule has 20 heavy (non-hydrogen) atoms. The smallest absolute Gasteiger partial charge is 0.303 e. The zero-order valence-corrected chi connectivity index (χ0v) is 13.1. The topological polar surface area (TPSA) is 46.5 Å². The normalized spacial score (nSPS) is 11.2. The summed E-state index contributed by atoms with van der Waals surface area (Å²) in [5, 5.41) is 8.50. The highest BCUT2D eigenvalue weighted by atomic mass is 16.5. The van der Waals surface area contributed by atoms with Crippen molar-refractivity contribution in [2.24, 2.45) is 0 Å². The van der Waals surface area contributed by atoms with Crippen molar-refractivity contribution < 1.29 is 14.6 Å². The third kappa shape index (κ3) is 17.2. The number of hydrogen-bond acceptors (Lipinski definition) is 2. The van der Waals surface area contributed by atoms with E-state index in [0.29, 0.717) is 6.42 Å². The van der Waals surface area contributed by atoms with Gasteiger partial charge in [-0.3, -0.25) is 4.79 Å². The molecule has 0 unspecified atom stereocenters. The second kappa shape index (κ2) is 16.2. The molecule has 0 aromatic heterocycles. The number of ether oxygens (including phenoxy) is 1. The predicted molar refractivity (Wildman–Crippen MR) is 84.1 cm³/mol. The van der Waals surface area contributed by atoms with E-state index in [4.69, 9.17) is 9.84 Å². The van der Waals surface area contributed by atoms with Gasteiger partial charge in [0.25, 0.3) is 0 Å². The van der Waals surface area contributed by atoms with Crippen molar-refractivity contribution in [3.8, 4) is 0 Å². The summed E-state index contributed by atoms with van der Waals surface area (Å²) in [6.45, 7) is 3.95. The minimum absolute atomic E-state index is 0.318. The van der Waals surface area contributed by atoms with Crippen molar-refractivity contribution in [3.63, 3.8) is 0 Å². The van der Waals surface area contributed by atoms with Gasteiger partial charge in [-0.25, -0.2) is 0 Å². The van der Waals surface area contributed by atoms with E-state index in [1.807, 2.05) is 0 Å². The van der Waals surface area contributed by atoms with Gasteiger partial charge in [0.05, 0.1) is 6.61 Å². The van der Waals surface area contributed by atoms with Crippen molar-refractivity contribution in [2.75, 3.05) is 13.2 Å². The van der Waals surface area contributed by atoms with Crippen LogP contribution in [0.4, 0.5) is 0 Å². The molecule has 0 aromatic carbocycles. The molecule has 0 heterocycles. The molecular weight excluding hydrogens is 252 g/mol. The molecular formula is C17H32O3. The van der Waals surface area contributed by atoms with E-state index in [1.54, 1.807) is 0 Å². The van der Waals surface area contributed by atoms with E-state index in [0.717, 1.165) is 45.3 Å². The monoisotopic (exact) mass is 284 g/mol. The van der Waals surface area contributed by atoms with Crippen LogP contribution in [0.25, 0.3) is 0 Å². The summed E-state index contributed by atoms with van der Waals surface area (Å²) in [5.41, 5.74) is 0. The number of allylic oxidation sites excluding steroid dienone is 1. The molecule has 0 fully saturated rings. The van der Waals surface area contributed by atoms with E-state index in [2.05, 4.69) is 19.1 Å². The Bertz CT molecular complexity index is 236. The largest absolute Gasteiger partial charge is 0.481 e. The first-order valence-corrected chi connectivity index (χ1v) is 8.22. The van der Waals surface area contributed by atoms with E-state index in [1.165, 1.54) is 32.1 Å². The van der Waals surface area contributed by atoms with Crippen LogP contribution in [0.1, 0.15) is 77.6 Å². The SMILES string of the molecule is CCCCCOCC/C=C/CCCCCCCC(=O)O. The summed E-state index contributed by atoms with van der Waals surface area (Å²) in [6.07, 6.45) is 16.1. The summed E-state index contributed by atoms with van der Waals surface area (Å²) in [4.78, 5) is 10.3. The van der Waals surface area contributed by atoms with Crippen LogP contribution in [0.5, 0.6) is 0 Å². The van der Waals surface area contributed by atoms with Gasteiger partial charge in [-0.1, -0.05) is 51.2 Å². The third-order valence-corrected chi connectivity index (χ3v) is 3.25. The average molecular weight is 284 g/mol. The Morgan fingerprint density at radius 2 is 1.60 bits per heavy atom. The van der Waals surface area contributed by atoms with Crippen molar-refractivity contribution in [2.45, 2.75) is 77.6 Å². The molecule has 0 bridgehead atoms. The first-order chi connectivity index (χ1) is 9.77. The van der Waals surface area contributed by atoms with Crippen LogP contribution in [0.15, 0.2) is 12.2 Å². The summed E-state index contributed by atoms with van der Waals surface area (Å²) in [6, 6.07) is 0. The number of carbonyl (C=O) groups is 1. The molecule has 0 aliphatic heterocycles. The first kappa shape index (κ1) is 19.2. The molecule has 0 rings (SSSR count). The van der Waals surface area contributed by atoms with Gasteiger partial charge in [0.1, 0.15) is 0 Å². The molecule has 0 radical (unpaired) electrons. The lowest BCUT2D eigenvalue weighted by molar-refractivity contribution is -0.137. The van der Waals surface area contributed by atoms with Crippen LogP contribution in [-0.4, -0.2) is 24.3 Å². The molecule has 0 amide bonds. The van der Waals surface area contributed by atoms with Crippen LogP contribution in [0.3, 0.4) is 0 Å². The zero-order chi connectivity index (χ0) is 14.9. The van der Waals surface area contributed by atoms with Crippen molar-refractivity contribution in [1.29, 1.82) is 0 Å². The molecule has 0 spiro atoms. The third-order valence-electron chi connectivity index (χ3n) is 3.25. The van der Waals surface area contributed by atoms with Crippen LogP contribution in [0, 0.1) is 0 Å². The fourth-order valence-electron chi connectivity index (χ4n) is 2.01. The Morgan fingerprint density at radius 3 is 2.35 bits per heavy atom. The van der Waals surface area contributed by atoms with Gasteiger partial charge in [-0.05, 0) is 32.1 Å². The van der Waals surface area contributed by atoms with Gasteiger partial charge in [0.2, 0.25) is 0 Å². The van der Waals surface area contributed by atoms with Crippen LogP contribution in [-0.2, 0) is 9.53 Å². The number of hydrogen-bond donors (Lipinski definition) is 1. The second-order valence-electron chi connectivity index (χ2n) is 5.28. The highest BCUT2D eigenvalue weighted by Crippen LogP contribution is 2.07. The van der Waals surface area contributed by atoms with E-state index in [9.17, 15) is 4.79 Å². The van der Waals surface area contributed by atoms with E-state index in [-0.39, 0.29) is 0 Å². The maximum atomic E-state index is 10.3. The Morgan fingerprint density at radius 1 is 0.900 bits per heavy atom.